The van der Waals surface area contributed by atoms with Gasteiger partial charge in [0.25, 0.3) is 0 Å². The summed E-state index contributed by atoms with van der Waals surface area (Å²) in [5.74, 6) is 0. The van der Waals surface area contributed by atoms with E-state index in [0.717, 1.165) is 0 Å². The Labute approximate surface area is 58.2 Å². The SMILES string of the molecule is C/C(=N\O)c1cccnn1. The summed E-state index contributed by atoms with van der Waals surface area (Å²) in [5, 5.41) is 18.6. The summed E-state index contributed by atoms with van der Waals surface area (Å²) in [7, 11) is 0. The summed E-state index contributed by atoms with van der Waals surface area (Å²) in [6, 6.07) is 3.46. The summed E-state index contributed by atoms with van der Waals surface area (Å²) in [5.41, 5.74) is 1.05. The van der Waals surface area contributed by atoms with Gasteiger partial charge in [0, 0.05) is 6.20 Å². The van der Waals surface area contributed by atoms with Crippen molar-refractivity contribution in [3.05, 3.63) is 24.0 Å². The maximum Gasteiger partial charge on any atom is 0.110 e. The van der Waals surface area contributed by atoms with Gasteiger partial charge in [-0.05, 0) is 19.1 Å². The Morgan fingerprint density at radius 1 is 1.70 bits per heavy atom. The quantitative estimate of drug-likeness (QED) is 0.351. The largest absolute Gasteiger partial charge is 0.411 e. The first kappa shape index (κ1) is 6.67. The Balaban J connectivity index is 2.96. The second kappa shape index (κ2) is 2.91. The van der Waals surface area contributed by atoms with Crippen molar-refractivity contribution >= 4 is 5.71 Å². The number of hydrogen-bond acceptors (Lipinski definition) is 4. The lowest BCUT2D eigenvalue weighted by molar-refractivity contribution is 0.319. The third kappa shape index (κ3) is 1.28. The standard InChI is InChI=1S/C6H7N3O/c1-5(9-10)6-3-2-4-7-8-6/h2-4,10H,1H3/b9-5+. The Morgan fingerprint density at radius 2 is 2.50 bits per heavy atom. The molecule has 0 aromatic carbocycles. The molecule has 0 amide bonds. The fourth-order valence-electron chi connectivity index (χ4n) is 0.546. The molecule has 0 aliphatic carbocycles. The molecule has 1 aromatic heterocycles. The van der Waals surface area contributed by atoms with Crippen LogP contribution in [-0.2, 0) is 0 Å². The van der Waals surface area contributed by atoms with E-state index in [-0.39, 0.29) is 0 Å². The molecule has 0 saturated heterocycles. The minimum atomic E-state index is 0.466. The first-order valence-electron chi connectivity index (χ1n) is 2.81. The number of rotatable bonds is 1. The minimum Gasteiger partial charge on any atom is -0.411 e. The van der Waals surface area contributed by atoms with Crippen LogP contribution in [0.15, 0.2) is 23.5 Å². The van der Waals surface area contributed by atoms with Crippen molar-refractivity contribution in [3.63, 3.8) is 0 Å². The van der Waals surface area contributed by atoms with Crippen molar-refractivity contribution in [2.75, 3.05) is 0 Å². The van der Waals surface area contributed by atoms with E-state index in [0.29, 0.717) is 11.4 Å². The van der Waals surface area contributed by atoms with Crippen LogP contribution in [0.2, 0.25) is 0 Å². The second-order valence-electron chi connectivity index (χ2n) is 1.79. The van der Waals surface area contributed by atoms with Gasteiger partial charge in [0.1, 0.15) is 11.4 Å². The molecule has 0 aliphatic heterocycles. The van der Waals surface area contributed by atoms with Crippen LogP contribution >= 0.6 is 0 Å². The summed E-state index contributed by atoms with van der Waals surface area (Å²) < 4.78 is 0. The molecular formula is C6H7N3O. The Hall–Kier alpha value is -1.45. The third-order valence-electron chi connectivity index (χ3n) is 1.09. The van der Waals surface area contributed by atoms with Crippen LogP contribution in [-0.4, -0.2) is 21.1 Å². The minimum absolute atomic E-state index is 0.466. The first-order chi connectivity index (χ1) is 4.84. The maximum absolute atomic E-state index is 8.31. The Morgan fingerprint density at radius 3 is 3.00 bits per heavy atom. The topological polar surface area (TPSA) is 58.4 Å². The molecule has 10 heavy (non-hydrogen) atoms. The van der Waals surface area contributed by atoms with Gasteiger partial charge < -0.3 is 5.21 Å². The fourth-order valence-corrected chi connectivity index (χ4v) is 0.546. The van der Waals surface area contributed by atoms with E-state index in [1.807, 2.05) is 0 Å². The molecule has 0 bridgehead atoms. The Bertz CT molecular complexity index is 232. The molecule has 0 fully saturated rings. The summed E-state index contributed by atoms with van der Waals surface area (Å²) >= 11 is 0. The smallest absolute Gasteiger partial charge is 0.110 e. The number of nitrogens with zero attached hydrogens (tertiary/aromatic N) is 3. The average Bonchev–Trinajstić information content (AvgIpc) is 2.05. The molecule has 1 aromatic rings. The second-order valence-corrected chi connectivity index (χ2v) is 1.79. The monoisotopic (exact) mass is 137 g/mol. The summed E-state index contributed by atoms with van der Waals surface area (Å²) in [6.07, 6.45) is 1.56. The Kier molecular flexibility index (Phi) is 1.94. The van der Waals surface area contributed by atoms with Crippen LogP contribution in [0.25, 0.3) is 0 Å². The molecule has 1 rings (SSSR count). The zero-order chi connectivity index (χ0) is 7.40. The molecule has 1 N–H and O–H groups in total. The van der Waals surface area contributed by atoms with Crippen LogP contribution in [0.3, 0.4) is 0 Å². The lowest BCUT2D eigenvalue weighted by atomic mass is 10.3. The summed E-state index contributed by atoms with van der Waals surface area (Å²) in [6.45, 7) is 1.66. The third-order valence-corrected chi connectivity index (χ3v) is 1.09. The van der Waals surface area contributed by atoms with Crippen molar-refractivity contribution < 1.29 is 5.21 Å². The van der Waals surface area contributed by atoms with E-state index >= 15 is 0 Å². The first-order valence-corrected chi connectivity index (χ1v) is 2.81. The van der Waals surface area contributed by atoms with E-state index in [1.54, 1.807) is 25.3 Å². The van der Waals surface area contributed by atoms with Gasteiger partial charge in [-0.3, -0.25) is 0 Å². The molecule has 0 spiro atoms. The van der Waals surface area contributed by atoms with E-state index in [4.69, 9.17) is 5.21 Å². The lowest BCUT2D eigenvalue weighted by Gasteiger charge is -1.91. The molecule has 4 heteroatoms. The highest BCUT2D eigenvalue weighted by Gasteiger charge is 1.95. The maximum atomic E-state index is 8.31. The normalized spacial score (nSPS) is 11.5. The van der Waals surface area contributed by atoms with Gasteiger partial charge in [-0.15, -0.1) is 5.10 Å². The molecule has 52 valence electrons. The van der Waals surface area contributed by atoms with Crippen LogP contribution < -0.4 is 0 Å². The zero-order valence-corrected chi connectivity index (χ0v) is 5.52. The zero-order valence-electron chi connectivity index (χ0n) is 5.52. The lowest BCUT2D eigenvalue weighted by Crippen LogP contribution is -1.98. The predicted octanol–water partition coefficient (Wildman–Crippen LogP) is 0.675. The predicted molar refractivity (Wildman–Crippen MR) is 36.0 cm³/mol. The van der Waals surface area contributed by atoms with Crippen molar-refractivity contribution in [2.45, 2.75) is 6.92 Å². The van der Waals surface area contributed by atoms with Gasteiger partial charge in [0.2, 0.25) is 0 Å². The summed E-state index contributed by atoms with van der Waals surface area (Å²) in [4.78, 5) is 0. The van der Waals surface area contributed by atoms with Crippen LogP contribution in [0.4, 0.5) is 0 Å². The fraction of sp³-hybridized carbons (Fsp3) is 0.167. The highest BCUT2D eigenvalue weighted by atomic mass is 16.4. The molecule has 0 unspecified atom stereocenters. The highest BCUT2D eigenvalue weighted by molar-refractivity contribution is 5.96. The number of hydrogen-bond donors (Lipinski definition) is 1. The van der Waals surface area contributed by atoms with Crippen molar-refractivity contribution in [3.8, 4) is 0 Å². The van der Waals surface area contributed by atoms with Gasteiger partial charge in [-0.2, -0.15) is 5.10 Å². The molecule has 0 saturated carbocycles. The van der Waals surface area contributed by atoms with Gasteiger partial charge in [0.05, 0.1) is 0 Å². The molecule has 1 heterocycles. The highest BCUT2D eigenvalue weighted by Crippen LogP contribution is 1.92. The average molecular weight is 137 g/mol. The van der Waals surface area contributed by atoms with Crippen molar-refractivity contribution in [1.29, 1.82) is 0 Å². The van der Waals surface area contributed by atoms with Gasteiger partial charge >= 0.3 is 0 Å². The van der Waals surface area contributed by atoms with Crippen LogP contribution in [0.5, 0.6) is 0 Å². The van der Waals surface area contributed by atoms with Gasteiger partial charge in [0.15, 0.2) is 0 Å². The van der Waals surface area contributed by atoms with E-state index in [2.05, 4.69) is 15.4 Å². The molecule has 0 atom stereocenters. The molecule has 0 radical (unpaired) electrons. The number of oxime groups is 1. The van der Waals surface area contributed by atoms with E-state index in [1.165, 1.54) is 0 Å². The van der Waals surface area contributed by atoms with Crippen LogP contribution in [0, 0.1) is 0 Å². The molecular weight excluding hydrogens is 130 g/mol. The van der Waals surface area contributed by atoms with Crippen molar-refractivity contribution in [2.24, 2.45) is 5.16 Å². The van der Waals surface area contributed by atoms with E-state index in [9.17, 15) is 0 Å². The van der Waals surface area contributed by atoms with Crippen LogP contribution in [0.1, 0.15) is 12.6 Å². The van der Waals surface area contributed by atoms with E-state index < -0.39 is 0 Å². The number of aromatic nitrogens is 2. The van der Waals surface area contributed by atoms with Gasteiger partial charge in [-0.1, -0.05) is 5.16 Å². The molecule has 4 nitrogen and oxygen atoms in total. The van der Waals surface area contributed by atoms with Gasteiger partial charge in [-0.25, -0.2) is 0 Å². The van der Waals surface area contributed by atoms with Crippen molar-refractivity contribution in [1.82, 2.24) is 10.2 Å². The molecule has 0 aliphatic rings.